The van der Waals surface area contributed by atoms with Crippen LogP contribution in [0.25, 0.3) is 6.08 Å². The third-order valence-corrected chi connectivity index (χ3v) is 7.16. The van der Waals surface area contributed by atoms with E-state index in [9.17, 15) is 27.5 Å². The molecule has 0 unspecified atom stereocenters. The number of nitrogens with zero attached hydrogens (tertiary/aromatic N) is 5. The fourth-order valence-electron chi connectivity index (χ4n) is 4.66. The Bertz CT molecular complexity index is 1240. The lowest BCUT2D eigenvalue weighted by atomic mass is 10.1. The SMILES string of the molecule is C=N/C(=C\c1c(C)c(C(=O)NC2CCOCC2)cn1[C@@H](C)C(F)(F)F)Nc1ccnc(N2CC[C@@H](O)[C@@H](F)C2)n1. The van der Waals surface area contributed by atoms with Crippen LogP contribution in [0.2, 0.25) is 0 Å². The lowest BCUT2D eigenvalue weighted by molar-refractivity contribution is -0.163. The van der Waals surface area contributed by atoms with Crippen LogP contribution in [0.4, 0.5) is 29.3 Å². The normalized spacial score (nSPS) is 21.7. The first-order chi connectivity index (χ1) is 19.0. The van der Waals surface area contributed by atoms with Crippen molar-refractivity contribution in [2.75, 3.05) is 36.5 Å². The van der Waals surface area contributed by atoms with E-state index in [0.29, 0.717) is 38.2 Å². The molecule has 0 bridgehead atoms. The molecular weight excluding hydrogens is 534 g/mol. The van der Waals surface area contributed by atoms with Crippen LogP contribution in [0, 0.1) is 6.92 Å². The van der Waals surface area contributed by atoms with Crippen molar-refractivity contribution in [3.63, 3.8) is 0 Å². The van der Waals surface area contributed by atoms with E-state index in [2.05, 4.69) is 32.3 Å². The van der Waals surface area contributed by atoms with Gasteiger partial charge >= 0.3 is 6.18 Å². The van der Waals surface area contributed by atoms with Crippen molar-refractivity contribution in [2.24, 2.45) is 4.99 Å². The van der Waals surface area contributed by atoms with E-state index in [1.165, 1.54) is 24.5 Å². The number of hydrogen-bond donors (Lipinski definition) is 3. The lowest BCUT2D eigenvalue weighted by Gasteiger charge is -2.32. The Kier molecular flexibility index (Phi) is 9.08. The predicted octanol–water partition coefficient (Wildman–Crippen LogP) is 3.64. The number of carbonyl (C=O) groups is 1. The van der Waals surface area contributed by atoms with E-state index in [1.54, 1.807) is 11.8 Å². The van der Waals surface area contributed by atoms with Crippen molar-refractivity contribution in [3.05, 3.63) is 41.1 Å². The van der Waals surface area contributed by atoms with Gasteiger partial charge in [-0.1, -0.05) is 0 Å². The summed E-state index contributed by atoms with van der Waals surface area (Å²) in [5, 5.41) is 15.5. The molecule has 0 aromatic carbocycles. The molecule has 4 heterocycles. The summed E-state index contributed by atoms with van der Waals surface area (Å²) in [6.07, 6.45) is -1.57. The van der Waals surface area contributed by atoms with E-state index in [-0.39, 0.29) is 47.9 Å². The number of rotatable bonds is 8. The van der Waals surface area contributed by atoms with Crippen LogP contribution in [0.1, 0.15) is 53.8 Å². The number of ether oxygens (including phenoxy) is 1. The van der Waals surface area contributed by atoms with E-state index < -0.39 is 30.4 Å². The van der Waals surface area contributed by atoms with Crippen molar-refractivity contribution >= 4 is 30.5 Å². The standard InChI is InChI=1S/C26H33F4N7O3/c1-15-18(24(39)33-17-6-10-40-11-7-17)13-37(16(2)26(28,29)30)20(15)12-23(31-3)34-22-4-8-32-25(35-22)36-9-5-21(38)19(27)14-36/h4,8,12-13,16-17,19,21,38H,3,5-7,9-11,14H2,1-2H3,(H,33,39)(H,32,34,35)/b23-12+/t16-,19-,21+/m0/s1. The third-order valence-electron chi connectivity index (χ3n) is 7.16. The maximum Gasteiger partial charge on any atom is 0.408 e. The summed E-state index contributed by atoms with van der Waals surface area (Å²) in [7, 11) is 0. The van der Waals surface area contributed by atoms with Crippen LogP contribution in [0.15, 0.2) is 29.3 Å². The molecule has 0 aliphatic carbocycles. The molecule has 218 valence electrons. The zero-order valence-corrected chi connectivity index (χ0v) is 22.3. The van der Waals surface area contributed by atoms with Gasteiger partial charge in [-0.2, -0.15) is 18.2 Å². The molecule has 2 fully saturated rings. The zero-order chi connectivity index (χ0) is 29.0. The highest BCUT2D eigenvalue weighted by atomic mass is 19.4. The van der Waals surface area contributed by atoms with Gasteiger partial charge < -0.3 is 29.9 Å². The summed E-state index contributed by atoms with van der Waals surface area (Å²) >= 11 is 0. The van der Waals surface area contributed by atoms with Crippen molar-refractivity contribution in [2.45, 2.75) is 63.6 Å². The van der Waals surface area contributed by atoms with E-state index in [1.807, 2.05) is 0 Å². The molecule has 1 amide bonds. The van der Waals surface area contributed by atoms with E-state index in [0.717, 1.165) is 11.5 Å². The Balaban J connectivity index is 1.63. The summed E-state index contributed by atoms with van der Waals surface area (Å²) in [6, 6.07) is -0.537. The fourth-order valence-corrected chi connectivity index (χ4v) is 4.66. The van der Waals surface area contributed by atoms with Gasteiger partial charge in [0, 0.05) is 50.0 Å². The number of anilines is 2. The smallest absolute Gasteiger partial charge is 0.390 e. The Morgan fingerprint density at radius 2 is 2.05 bits per heavy atom. The summed E-state index contributed by atoms with van der Waals surface area (Å²) in [5.41, 5.74) is 0.582. The largest absolute Gasteiger partial charge is 0.408 e. The molecule has 2 saturated heterocycles. The van der Waals surface area contributed by atoms with E-state index in [4.69, 9.17) is 4.74 Å². The highest BCUT2D eigenvalue weighted by molar-refractivity contribution is 5.96. The van der Waals surface area contributed by atoms with Gasteiger partial charge in [-0.05, 0) is 51.5 Å². The van der Waals surface area contributed by atoms with Crippen LogP contribution in [0.5, 0.6) is 0 Å². The summed E-state index contributed by atoms with van der Waals surface area (Å²) in [5.74, 6) is 0.0874. The molecule has 3 N–H and O–H groups in total. The van der Waals surface area contributed by atoms with Crippen LogP contribution in [-0.2, 0) is 4.74 Å². The fraction of sp³-hybridized carbons (Fsp3) is 0.538. The molecule has 0 radical (unpaired) electrons. The van der Waals surface area contributed by atoms with Crippen LogP contribution in [0.3, 0.4) is 0 Å². The summed E-state index contributed by atoms with van der Waals surface area (Å²) < 4.78 is 61.7. The number of aliphatic imine (C=N–C) groups is 1. The minimum absolute atomic E-state index is 0.0756. The third kappa shape index (κ3) is 6.78. The molecule has 2 aliphatic heterocycles. The average Bonchev–Trinajstić information content (AvgIpc) is 3.25. The average molecular weight is 568 g/mol. The Hall–Kier alpha value is -3.52. The number of nitrogens with one attached hydrogen (secondary N) is 2. The van der Waals surface area contributed by atoms with Crippen LogP contribution in [-0.4, -0.2) is 83.1 Å². The second-order valence-electron chi connectivity index (χ2n) is 9.91. The van der Waals surface area contributed by atoms with Crippen LogP contribution >= 0.6 is 0 Å². The number of aromatic nitrogens is 3. The molecule has 10 nitrogen and oxygen atoms in total. The predicted molar refractivity (Wildman–Crippen MR) is 142 cm³/mol. The number of halogens is 4. The van der Waals surface area contributed by atoms with Crippen molar-refractivity contribution < 1.29 is 32.2 Å². The molecule has 2 aliphatic rings. The van der Waals surface area contributed by atoms with Gasteiger partial charge in [0.05, 0.1) is 18.2 Å². The minimum Gasteiger partial charge on any atom is -0.390 e. The minimum atomic E-state index is -4.57. The summed E-state index contributed by atoms with van der Waals surface area (Å²) in [4.78, 5) is 27.1. The zero-order valence-electron chi connectivity index (χ0n) is 22.3. The lowest BCUT2D eigenvalue weighted by Crippen LogP contribution is -2.45. The monoisotopic (exact) mass is 567 g/mol. The number of carbonyl (C=O) groups excluding carboxylic acids is 1. The summed E-state index contributed by atoms with van der Waals surface area (Å²) in [6.45, 7) is 7.39. The highest BCUT2D eigenvalue weighted by Gasteiger charge is 2.39. The first-order valence-corrected chi connectivity index (χ1v) is 13.0. The first kappa shape index (κ1) is 29.5. The second-order valence-corrected chi connectivity index (χ2v) is 9.91. The maximum absolute atomic E-state index is 14.0. The Labute approximate surface area is 229 Å². The number of aliphatic hydroxyl groups excluding tert-OH is 1. The first-order valence-electron chi connectivity index (χ1n) is 13.0. The van der Waals surface area contributed by atoms with Crippen molar-refractivity contribution in [1.82, 2.24) is 19.9 Å². The molecule has 2 aromatic rings. The second kappa shape index (κ2) is 12.3. The van der Waals surface area contributed by atoms with Gasteiger partial charge in [0.1, 0.15) is 23.9 Å². The molecule has 0 saturated carbocycles. The van der Waals surface area contributed by atoms with Gasteiger partial charge in [0.25, 0.3) is 5.91 Å². The molecule has 40 heavy (non-hydrogen) atoms. The van der Waals surface area contributed by atoms with Gasteiger partial charge in [-0.3, -0.25) is 4.79 Å². The molecular formula is C26H33F4N7O3. The topological polar surface area (TPSA) is 117 Å². The van der Waals surface area contributed by atoms with Crippen molar-refractivity contribution in [3.8, 4) is 0 Å². The maximum atomic E-state index is 14.0. The van der Waals surface area contributed by atoms with Gasteiger partial charge in [-0.15, -0.1) is 0 Å². The molecule has 3 atom stereocenters. The number of hydrogen-bond acceptors (Lipinski definition) is 8. The molecule has 4 rings (SSSR count). The van der Waals surface area contributed by atoms with Crippen molar-refractivity contribution in [1.29, 1.82) is 0 Å². The van der Waals surface area contributed by atoms with Gasteiger partial charge in [0.15, 0.2) is 0 Å². The Morgan fingerprint density at radius 3 is 2.70 bits per heavy atom. The number of amides is 1. The molecule has 14 heteroatoms. The van der Waals surface area contributed by atoms with Gasteiger partial charge in [-0.25, -0.2) is 14.4 Å². The van der Waals surface area contributed by atoms with Gasteiger partial charge in [0.2, 0.25) is 5.95 Å². The highest BCUT2D eigenvalue weighted by Crippen LogP contribution is 2.34. The number of aliphatic hydroxyl groups is 1. The van der Waals surface area contributed by atoms with Crippen LogP contribution < -0.4 is 15.5 Å². The Morgan fingerprint density at radius 1 is 1.32 bits per heavy atom. The molecule has 0 spiro atoms. The molecule has 2 aromatic heterocycles. The van der Waals surface area contributed by atoms with E-state index >= 15 is 0 Å². The number of piperidine rings is 1. The quantitative estimate of drug-likeness (QED) is 0.330. The number of alkyl halides is 4.